The molecule has 0 saturated carbocycles. The highest BCUT2D eigenvalue weighted by Crippen LogP contribution is 2.08. The van der Waals surface area contributed by atoms with E-state index < -0.39 is 0 Å². The Morgan fingerprint density at radius 2 is 2.11 bits per heavy atom. The standard InChI is InChI=1S/C14H16N2O2/c1-2-16-10-12(9-15-16)8-13(17)11-18-14-6-4-3-5-7-14/h3-7,9-10H,2,8,11H2,1H3. The fraction of sp³-hybridized carbons (Fsp3) is 0.286. The van der Waals surface area contributed by atoms with E-state index in [0.29, 0.717) is 6.42 Å². The van der Waals surface area contributed by atoms with Crippen LogP contribution in [0.1, 0.15) is 12.5 Å². The van der Waals surface area contributed by atoms with Crippen LogP contribution in [-0.2, 0) is 17.8 Å². The first-order valence-corrected chi connectivity index (χ1v) is 5.99. The first kappa shape index (κ1) is 12.4. The molecule has 0 fully saturated rings. The van der Waals surface area contributed by atoms with Crippen molar-refractivity contribution in [2.24, 2.45) is 0 Å². The van der Waals surface area contributed by atoms with E-state index in [9.17, 15) is 4.79 Å². The van der Waals surface area contributed by atoms with Crippen molar-refractivity contribution < 1.29 is 9.53 Å². The molecule has 0 aliphatic rings. The van der Waals surface area contributed by atoms with Gasteiger partial charge in [-0.25, -0.2) is 0 Å². The van der Waals surface area contributed by atoms with E-state index in [4.69, 9.17) is 4.74 Å². The molecule has 0 N–H and O–H groups in total. The lowest BCUT2D eigenvalue weighted by molar-refractivity contribution is -0.120. The summed E-state index contributed by atoms with van der Waals surface area (Å²) in [6.07, 6.45) is 3.98. The predicted molar refractivity (Wildman–Crippen MR) is 68.5 cm³/mol. The Morgan fingerprint density at radius 1 is 1.33 bits per heavy atom. The van der Waals surface area contributed by atoms with Crippen molar-refractivity contribution >= 4 is 5.78 Å². The summed E-state index contributed by atoms with van der Waals surface area (Å²) < 4.78 is 7.20. The number of benzene rings is 1. The second-order valence-corrected chi connectivity index (χ2v) is 4.02. The highest BCUT2D eigenvalue weighted by atomic mass is 16.5. The third-order valence-corrected chi connectivity index (χ3v) is 2.56. The maximum atomic E-state index is 11.7. The van der Waals surface area contributed by atoms with Crippen LogP contribution >= 0.6 is 0 Å². The molecule has 0 bridgehead atoms. The number of rotatable bonds is 6. The number of hydrogen-bond acceptors (Lipinski definition) is 3. The monoisotopic (exact) mass is 244 g/mol. The summed E-state index contributed by atoms with van der Waals surface area (Å²) in [5, 5.41) is 4.13. The number of carbonyl (C=O) groups is 1. The molecule has 1 heterocycles. The number of aromatic nitrogens is 2. The van der Waals surface area contributed by atoms with Gasteiger partial charge in [0.05, 0.1) is 6.20 Å². The topological polar surface area (TPSA) is 44.1 Å². The molecule has 0 atom stereocenters. The van der Waals surface area contributed by atoms with Crippen LogP contribution in [0.5, 0.6) is 5.75 Å². The predicted octanol–water partition coefficient (Wildman–Crippen LogP) is 2.09. The summed E-state index contributed by atoms with van der Waals surface area (Å²) in [6.45, 7) is 2.92. The largest absolute Gasteiger partial charge is 0.486 e. The van der Waals surface area contributed by atoms with Gasteiger partial charge in [0.15, 0.2) is 5.78 Å². The van der Waals surface area contributed by atoms with Gasteiger partial charge >= 0.3 is 0 Å². The zero-order chi connectivity index (χ0) is 12.8. The maximum absolute atomic E-state index is 11.7. The molecule has 0 radical (unpaired) electrons. The molecular formula is C14H16N2O2. The molecular weight excluding hydrogens is 228 g/mol. The fourth-order valence-electron chi connectivity index (χ4n) is 1.63. The lowest BCUT2D eigenvalue weighted by atomic mass is 10.2. The van der Waals surface area contributed by atoms with Crippen LogP contribution in [0.4, 0.5) is 0 Å². The van der Waals surface area contributed by atoms with Gasteiger partial charge in [-0.15, -0.1) is 0 Å². The van der Waals surface area contributed by atoms with Gasteiger partial charge in [0.25, 0.3) is 0 Å². The van der Waals surface area contributed by atoms with Crippen LogP contribution < -0.4 is 4.74 Å². The maximum Gasteiger partial charge on any atom is 0.174 e. The van der Waals surface area contributed by atoms with E-state index >= 15 is 0 Å². The summed E-state index contributed by atoms with van der Waals surface area (Å²) in [6, 6.07) is 9.34. The molecule has 2 aromatic rings. The Labute approximate surface area is 106 Å². The number of para-hydroxylation sites is 1. The van der Waals surface area contributed by atoms with Crippen molar-refractivity contribution in [3.05, 3.63) is 48.3 Å². The minimum atomic E-state index is 0.0505. The van der Waals surface area contributed by atoms with Crippen LogP contribution in [0.2, 0.25) is 0 Å². The minimum Gasteiger partial charge on any atom is -0.486 e. The van der Waals surface area contributed by atoms with Crippen LogP contribution in [0.15, 0.2) is 42.7 Å². The van der Waals surface area contributed by atoms with Crippen LogP contribution in [0.25, 0.3) is 0 Å². The average Bonchev–Trinajstić information content (AvgIpc) is 2.85. The quantitative estimate of drug-likeness (QED) is 0.781. The van der Waals surface area contributed by atoms with Crippen LogP contribution in [0, 0.1) is 0 Å². The number of hydrogen-bond donors (Lipinski definition) is 0. The molecule has 0 unspecified atom stereocenters. The summed E-state index contributed by atoms with van der Waals surface area (Å²) >= 11 is 0. The third kappa shape index (κ3) is 3.45. The molecule has 0 saturated heterocycles. The number of carbonyl (C=O) groups excluding carboxylic acids is 1. The molecule has 1 aromatic heterocycles. The smallest absolute Gasteiger partial charge is 0.174 e. The van der Waals surface area contributed by atoms with Crippen LogP contribution in [0.3, 0.4) is 0 Å². The molecule has 0 spiro atoms. The van der Waals surface area contributed by atoms with Gasteiger partial charge in [-0.2, -0.15) is 5.10 Å². The third-order valence-electron chi connectivity index (χ3n) is 2.56. The van der Waals surface area contributed by atoms with E-state index in [1.807, 2.05) is 43.5 Å². The number of ether oxygens (including phenoxy) is 1. The average molecular weight is 244 g/mol. The zero-order valence-corrected chi connectivity index (χ0v) is 10.4. The Balaban J connectivity index is 1.82. The lowest BCUT2D eigenvalue weighted by Gasteiger charge is -2.04. The number of ketones is 1. The summed E-state index contributed by atoms with van der Waals surface area (Å²) in [5.41, 5.74) is 0.929. The molecule has 2 rings (SSSR count). The fourth-order valence-corrected chi connectivity index (χ4v) is 1.63. The summed E-state index contributed by atoms with van der Waals surface area (Å²) in [4.78, 5) is 11.7. The van der Waals surface area contributed by atoms with Gasteiger partial charge in [0.2, 0.25) is 0 Å². The molecule has 0 aliphatic heterocycles. The minimum absolute atomic E-state index is 0.0505. The number of Topliss-reactive ketones (excluding diaryl/α,β-unsaturated/α-hetero) is 1. The van der Waals surface area contributed by atoms with Crippen molar-refractivity contribution in [1.82, 2.24) is 9.78 Å². The van der Waals surface area contributed by atoms with Gasteiger partial charge in [0.1, 0.15) is 12.4 Å². The van der Waals surface area contributed by atoms with Gasteiger partial charge in [-0.05, 0) is 24.6 Å². The van der Waals surface area contributed by atoms with E-state index in [1.54, 1.807) is 10.9 Å². The second-order valence-electron chi connectivity index (χ2n) is 4.02. The van der Waals surface area contributed by atoms with Crippen molar-refractivity contribution in [1.29, 1.82) is 0 Å². The van der Waals surface area contributed by atoms with E-state index in [-0.39, 0.29) is 12.4 Å². The molecule has 4 heteroatoms. The van der Waals surface area contributed by atoms with Gasteiger partial charge in [0, 0.05) is 19.2 Å². The second kappa shape index (κ2) is 6.00. The van der Waals surface area contributed by atoms with E-state index in [0.717, 1.165) is 17.9 Å². The zero-order valence-electron chi connectivity index (χ0n) is 10.4. The van der Waals surface area contributed by atoms with Gasteiger partial charge in [-0.3, -0.25) is 9.48 Å². The van der Waals surface area contributed by atoms with Crippen molar-refractivity contribution in [3.8, 4) is 5.75 Å². The first-order valence-electron chi connectivity index (χ1n) is 5.99. The first-order chi connectivity index (χ1) is 8.78. The SMILES string of the molecule is CCn1cc(CC(=O)COc2ccccc2)cn1. The molecule has 0 amide bonds. The molecule has 4 nitrogen and oxygen atoms in total. The molecule has 0 aliphatic carbocycles. The Bertz CT molecular complexity index is 506. The molecule has 94 valence electrons. The van der Waals surface area contributed by atoms with Crippen molar-refractivity contribution in [3.63, 3.8) is 0 Å². The number of nitrogens with zero attached hydrogens (tertiary/aromatic N) is 2. The summed E-state index contributed by atoms with van der Waals surface area (Å²) in [7, 11) is 0. The number of aryl methyl sites for hydroxylation is 1. The van der Waals surface area contributed by atoms with E-state index in [1.165, 1.54) is 0 Å². The van der Waals surface area contributed by atoms with E-state index in [2.05, 4.69) is 5.10 Å². The van der Waals surface area contributed by atoms with Crippen molar-refractivity contribution in [2.45, 2.75) is 19.9 Å². The highest BCUT2D eigenvalue weighted by Gasteiger charge is 2.06. The normalized spacial score (nSPS) is 10.3. The lowest BCUT2D eigenvalue weighted by Crippen LogP contribution is -2.13. The molecule has 1 aromatic carbocycles. The van der Waals surface area contributed by atoms with Crippen LogP contribution in [-0.4, -0.2) is 22.2 Å². The highest BCUT2D eigenvalue weighted by molar-refractivity contribution is 5.82. The van der Waals surface area contributed by atoms with Gasteiger partial charge < -0.3 is 4.74 Å². The van der Waals surface area contributed by atoms with Crippen molar-refractivity contribution in [2.75, 3.05) is 6.61 Å². The molecule has 18 heavy (non-hydrogen) atoms. The summed E-state index contributed by atoms with van der Waals surface area (Å²) in [5.74, 6) is 0.768. The Hall–Kier alpha value is -2.10. The Kier molecular flexibility index (Phi) is 4.12. The Morgan fingerprint density at radius 3 is 2.78 bits per heavy atom. The van der Waals surface area contributed by atoms with Gasteiger partial charge in [-0.1, -0.05) is 18.2 Å².